The van der Waals surface area contributed by atoms with Crippen LogP contribution in [0.5, 0.6) is 0 Å². The molecule has 0 aliphatic carbocycles. The standard InChI is InChI=1S/C12H28O4Si3/c1-8(2)10(13)14-11(4,5)9(3)12(6,7)19(15-17)16-18/h9,19H,1H2,2-7,17-18H3. The van der Waals surface area contributed by atoms with Gasteiger partial charge >= 0.3 is 15.3 Å². The Morgan fingerprint density at radius 2 is 1.63 bits per heavy atom. The maximum Gasteiger partial charge on any atom is 0.333 e. The number of ether oxygens (including phenoxy) is 1. The Morgan fingerprint density at radius 1 is 1.21 bits per heavy atom. The van der Waals surface area contributed by atoms with Crippen molar-refractivity contribution < 1.29 is 17.8 Å². The smallest absolute Gasteiger partial charge is 0.333 e. The van der Waals surface area contributed by atoms with Crippen LogP contribution in [0.15, 0.2) is 12.2 Å². The molecule has 0 aromatic heterocycles. The fourth-order valence-corrected chi connectivity index (χ4v) is 10.4. The lowest BCUT2D eigenvalue weighted by Gasteiger charge is -2.44. The summed E-state index contributed by atoms with van der Waals surface area (Å²) in [6, 6.07) is 0. The molecular weight excluding hydrogens is 292 g/mol. The Labute approximate surface area is 124 Å². The molecule has 0 N–H and O–H groups in total. The van der Waals surface area contributed by atoms with E-state index in [4.69, 9.17) is 13.0 Å². The van der Waals surface area contributed by atoms with E-state index >= 15 is 0 Å². The largest absolute Gasteiger partial charge is 0.456 e. The van der Waals surface area contributed by atoms with Crippen molar-refractivity contribution >= 4 is 36.2 Å². The lowest BCUT2D eigenvalue weighted by molar-refractivity contribution is -0.157. The van der Waals surface area contributed by atoms with Crippen LogP contribution in [0.25, 0.3) is 0 Å². The summed E-state index contributed by atoms with van der Waals surface area (Å²) in [4.78, 5) is 11.7. The van der Waals surface area contributed by atoms with Crippen molar-refractivity contribution in [2.75, 3.05) is 0 Å². The minimum absolute atomic E-state index is 0.109. The van der Waals surface area contributed by atoms with E-state index < -0.39 is 14.9 Å². The summed E-state index contributed by atoms with van der Waals surface area (Å²) in [7, 11) is -0.364. The molecule has 0 aliphatic rings. The first-order valence-corrected chi connectivity index (χ1v) is 9.60. The van der Waals surface area contributed by atoms with Crippen molar-refractivity contribution in [1.29, 1.82) is 0 Å². The zero-order valence-corrected chi connectivity index (χ0v) is 18.6. The van der Waals surface area contributed by atoms with Gasteiger partial charge in [-0.1, -0.05) is 27.4 Å². The first-order chi connectivity index (χ1) is 8.50. The maximum atomic E-state index is 11.7. The fraction of sp³-hybridized carbons (Fsp3) is 0.750. The van der Waals surface area contributed by atoms with Crippen LogP contribution in [0.1, 0.15) is 41.5 Å². The highest BCUT2D eigenvalue weighted by Crippen LogP contribution is 2.45. The summed E-state index contributed by atoms with van der Waals surface area (Å²) < 4.78 is 16.9. The Morgan fingerprint density at radius 3 is 1.95 bits per heavy atom. The third kappa shape index (κ3) is 4.67. The monoisotopic (exact) mass is 320 g/mol. The van der Waals surface area contributed by atoms with Crippen LogP contribution in [0, 0.1) is 5.92 Å². The molecule has 0 fully saturated rings. The van der Waals surface area contributed by atoms with Crippen LogP contribution in [0.3, 0.4) is 0 Å². The summed E-state index contributed by atoms with van der Waals surface area (Å²) >= 11 is 0. The number of carbonyl (C=O) groups excluding carboxylic acids is 1. The van der Waals surface area contributed by atoms with Crippen LogP contribution >= 0.6 is 0 Å². The van der Waals surface area contributed by atoms with Crippen LogP contribution in [0.2, 0.25) is 5.04 Å². The fourth-order valence-electron chi connectivity index (χ4n) is 2.22. The van der Waals surface area contributed by atoms with Crippen molar-refractivity contribution in [1.82, 2.24) is 0 Å². The summed E-state index contributed by atoms with van der Waals surface area (Å²) in [6.07, 6.45) is 0. The van der Waals surface area contributed by atoms with E-state index in [2.05, 4.69) is 27.4 Å². The second kappa shape index (κ2) is 6.98. The van der Waals surface area contributed by atoms with Crippen molar-refractivity contribution in [3.8, 4) is 0 Å². The molecule has 0 aromatic carbocycles. The van der Waals surface area contributed by atoms with Crippen LogP contribution < -0.4 is 0 Å². The number of carbonyl (C=O) groups is 1. The van der Waals surface area contributed by atoms with Crippen LogP contribution in [-0.2, 0) is 17.8 Å². The zero-order valence-electron chi connectivity index (χ0n) is 13.5. The number of hydrogen-bond donors (Lipinski definition) is 0. The lowest BCUT2D eigenvalue weighted by Crippen LogP contribution is -2.47. The quantitative estimate of drug-likeness (QED) is 0.380. The molecule has 0 saturated carbocycles. The van der Waals surface area contributed by atoms with E-state index in [1.807, 2.05) is 13.8 Å². The number of esters is 1. The van der Waals surface area contributed by atoms with Gasteiger partial charge in [-0.2, -0.15) is 0 Å². The maximum absolute atomic E-state index is 11.7. The van der Waals surface area contributed by atoms with Gasteiger partial charge in [0.05, 0.1) is 0 Å². The van der Waals surface area contributed by atoms with E-state index in [-0.39, 0.29) is 16.9 Å². The summed E-state index contributed by atoms with van der Waals surface area (Å²) in [6.45, 7) is 15.5. The third-order valence-electron chi connectivity index (χ3n) is 3.90. The molecule has 0 saturated heterocycles. The average molecular weight is 321 g/mol. The zero-order chi connectivity index (χ0) is 15.4. The Bertz CT molecular complexity index is 338. The van der Waals surface area contributed by atoms with E-state index in [0.717, 1.165) is 0 Å². The molecule has 112 valence electrons. The molecule has 0 aliphatic heterocycles. The molecule has 0 amide bonds. The first kappa shape index (κ1) is 18.8. The summed E-state index contributed by atoms with van der Waals surface area (Å²) in [5.74, 6) is -0.215. The predicted molar refractivity (Wildman–Crippen MR) is 87.4 cm³/mol. The van der Waals surface area contributed by atoms with Gasteiger partial charge in [-0.15, -0.1) is 0 Å². The molecule has 0 aromatic rings. The Kier molecular flexibility index (Phi) is 6.90. The van der Waals surface area contributed by atoms with Gasteiger partial charge in [-0.3, -0.25) is 0 Å². The van der Waals surface area contributed by atoms with E-state index in [0.29, 0.717) is 26.5 Å². The second-order valence-corrected chi connectivity index (χ2v) is 12.0. The van der Waals surface area contributed by atoms with Gasteiger partial charge in [0, 0.05) is 16.5 Å². The van der Waals surface area contributed by atoms with E-state index in [9.17, 15) is 4.79 Å². The van der Waals surface area contributed by atoms with Gasteiger partial charge < -0.3 is 13.0 Å². The topological polar surface area (TPSA) is 44.8 Å². The van der Waals surface area contributed by atoms with Crippen LogP contribution in [-0.4, -0.2) is 41.8 Å². The second-order valence-electron chi connectivity index (χ2n) is 6.12. The third-order valence-corrected chi connectivity index (χ3v) is 9.04. The van der Waals surface area contributed by atoms with Gasteiger partial charge in [0.15, 0.2) is 0 Å². The molecule has 1 unspecified atom stereocenters. The first-order valence-electron chi connectivity index (χ1n) is 6.45. The van der Waals surface area contributed by atoms with Crippen molar-refractivity contribution in [3.05, 3.63) is 12.2 Å². The highest BCUT2D eigenvalue weighted by Gasteiger charge is 2.46. The molecule has 0 bridgehead atoms. The summed E-state index contributed by atoms with van der Waals surface area (Å²) in [5.41, 5.74) is -0.157. The highest BCUT2D eigenvalue weighted by atomic mass is 28.4. The molecular formula is C12H28O4Si3. The molecule has 0 spiro atoms. The number of rotatable bonds is 7. The Balaban J connectivity index is 5.10. The van der Waals surface area contributed by atoms with Gasteiger partial charge in [0.1, 0.15) is 26.6 Å². The molecule has 19 heavy (non-hydrogen) atoms. The molecule has 0 radical (unpaired) electrons. The van der Waals surface area contributed by atoms with E-state index in [1.165, 1.54) is 0 Å². The van der Waals surface area contributed by atoms with Gasteiger partial charge in [-0.05, 0) is 20.8 Å². The number of hydrogen-bond acceptors (Lipinski definition) is 4. The van der Waals surface area contributed by atoms with Gasteiger partial charge in [0.25, 0.3) is 0 Å². The molecule has 0 heterocycles. The molecule has 7 heteroatoms. The van der Waals surface area contributed by atoms with Crippen LogP contribution in [0.4, 0.5) is 0 Å². The van der Waals surface area contributed by atoms with Gasteiger partial charge in [-0.25, -0.2) is 4.79 Å². The SMILES string of the molecule is C=C(C)C(=O)OC(C)(C)C(C)C(C)(C)[SiH](O[SiH3])O[SiH3]. The lowest BCUT2D eigenvalue weighted by atomic mass is 9.82. The normalized spacial score (nSPS) is 16.1. The minimum atomic E-state index is -1.72. The van der Waals surface area contributed by atoms with Crippen molar-refractivity contribution in [2.24, 2.45) is 5.92 Å². The predicted octanol–water partition coefficient (Wildman–Crippen LogP) is 0.115. The molecule has 0 rings (SSSR count). The van der Waals surface area contributed by atoms with Crippen molar-refractivity contribution in [2.45, 2.75) is 52.2 Å². The average Bonchev–Trinajstić information content (AvgIpc) is 2.28. The summed E-state index contributed by atoms with van der Waals surface area (Å²) in [5, 5.41) is -0.109. The van der Waals surface area contributed by atoms with Gasteiger partial charge in [0.2, 0.25) is 0 Å². The highest BCUT2D eigenvalue weighted by molar-refractivity contribution is 6.56. The molecule has 1 atom stereocenters. The molecule has 4 nitrogen and oxygen atoms in total. The minimum Gasteiger partial charge on any atom is -0.456 e. The Hall–Kier alpha value is -0.219. The van der Waals surface area contributed by atoms with Crippen molar-refractivity contribution in [3.63, 3.8) is 0 Å². The van der Waals surface area contributed by atoms with E-state index in [1.54, 1.807) is 6.92 Å².